The topological polar surface area (TPSA) is 96.4 Å². The van der Waals surface area contributed by atoms with E-state index in [1.165, 1.54) is 6.92 Å². The lowest BCUT2D eigenvalue weighted by molar-refractivity contribution is -0.140. The Bertz CT molecular complexity index is 487. The molecule has 7 heteroatoms. The number of nitrogens with zero attached hydrogens (tertiary/aromatic N) is 1. The largest absolute Gasteiger partial charge is 0.481 e. The van der Waals surface area contributed by atoms with E-state index in [-0.39, 0.29) is 12.3 Å². The van der Waals surface area contributed by atoms with Crippen molar-refractivity contribution in [2.24, 2.45) is 5.92 Å². The maximum absolute atomic E-state index is 11.6. The summed E-state index contributed by atoms with van der Waals surface area (Å²) in [6.45, 7) is 1.35. The molecule has 1 atom stereocenters. The first-order valence-corrected chi connectivity index (χ1v) is 7.16. The Morgan fingerprint density at radius 3 is 2.78 bits per heavy atom. The molecule has 0 aromatic carbocycles. The van der Waals surface area contributed by atoms with Crippen LogP contribution in [0.2, 0.25) is 0 Å². The summed E-state index contributed by atoms with van der Waals surface area (Å²) >= 11 is 0. The van der Waals surface area contributed by atoms with Crippen molar-refractivity contribution >= 4 is 16.0 Å². The third kappa shape index (κ3) is 5.24. The molecule has 2 N–H and O–H groups in total. The molecule has 1 aromatic rings. The van der Waals surface area contributed by atoms with Gasteiger partial charge in [0.25, 0.3) is 0 Å². The van der Waals surface area contributed by atoms with Crippen molar-refractivity contribution in [2.75, 3.05) is 12.3 Å². The average Bonchev–Trinajstić information content (AvgIpc) is 2.35. The van der Waals surface area contributed by atoms with Gasteiger partial charge in [-0.1, -0.05) is 13.0 Å². The number of aliphatic carboxylic acids is 1. The summed E-state index contributed by atoms with van der Waals surface area (Å²) < 4.78 is 25.5. The SMILES string of the molecule is CC(CNS(=O)(=O)CCc1ccccn1)C(=O)O. The van der Waals surface area contributed by atoms with Gasteiger partial charge in [0.1, 0.15) is 0 Å². The van der Waals surface area contributed by atoms with E-state index in [1.54, 1.807) is 24.4 Å². The number of nitrogens with one attached hydrogen (secondary N) is 1. The molecule has 0 spiro atoms. The Labute approximate surface area is 106 Å². The maximum atomic E-state index is 11.6. The van der Waals surface area contributed by atoms with Crippen molar-refractivity contribution in [3.63, 3.8) is 0 Å². The van der Waals surface area contributed by atoms with E-state index in [0.29, 0.717) is 12.1 Å². The number of pyridine rings is 1. The van der Waals surface area contributed by atoms with Crippen molar-refractivity contribution in [3.05, 3.63) is 30.1 Å². The Morgan fingerprint density at radius 2 is 2.22 bits per heavy atom. The number of aryl methyl sites for hydroxylation is 1. The van der Waals surface area contributed by atoms with Crippen LogP contribution in [-0.2, 0) is 21.2 Å². The molecule has 0 aliphatic rings. The molecule has 0 aliphatic carbocycles. The predicted octanol–water partition coefficient (Wildman–Crippen LogP) is 0.264. The zero-order valence-electron chi connectivity index (χ0n) is 10.0. The van der Waals surface area contributed by atoms with Gasteiger partial charge in [-0.3, -0.25) is 9.78 Å². The van der Waals surface area contributed by atoms with Crippen LogP contribution >= 0.6 is 0 Å². The molecule has 1 aromatic heterocycles. The normalized spacial score (nSPS) is 13.2. The van der Waals surface area contributed by atoms with E-state index in [4.69, 9.17) is 5.11 Å². The average molecular weight is 272 g/mol. The quantitative estimate of drug-likeness (QED) is 0.742. The fourth-order valence-corrected chi connectivity index (χ4v) is 2.32. The molecule has 1 rings (SSSR count). The van der Waals surface area contributed by atoms with Crippen LogP contribution in [0.3, 0.4) is 0 Å². The van der Waals surface area contributed by atoms with E-state index in [1.807, 2.05) is 0 Å². The minimum absolute atomic E-state index is 0.0973. The number of rotatable bonds is 7. The molecular formula is C11H16N2O4S. The minimum Gasteiger partial charge on any atom is -0.481 e. The van der Waals surface area contributed by atoms with Gasteiger partial charge in [0.15, 0.2) is 0 Å². The van der Waals surface area contributed by atoms with Crippen LogP contribution in [0, 0.1) is 5.92 Å². The zero-order chi connectivity index (χ0) is 13.6. The number of hydrogen-bond acceptors (Lipinski definition) is 4. The van der Waals surface area contributed by atoms with Crippen molar-refractivity contribution < 1.29 is 18.3 Å². The molecule has 0 radical (unpaired) electrons. The highest BCUT2D eigenvalue weighted by Gasteiger charge is 2.16. The summed E-state index contributed by atoms with van der Waals surface area (Å²) in [7, 11) is -3.46. The Morgan fingerprint density at radius 1 is 1.50 bits per heavy atom. The highest BCUT2D eigenvalue weighted by Crippen LogP contribution is 1.99. The molecule has 0 aliphatic heterocycles. The number of carbonyl (C=O) groups is 1. The van der Waals surface area contributed by atoms with Gasteiger partial charge in [-0.05, 0) is 12.1 Å². The number of aromatic nitrogens is 1. The summed E-state index contributed by atoms with van der Waals surface area (Å²) in [5, 5.41) is 8.64. The van der Waals surface area contributed by atoms with Crippen LogP contribution in [0.15, 0.2) is 24.4 Å². The van der Waals surface area contributed by atoms with E-state index < -0.39 is 21.9 Å². The van der Waals surface area contributed by atoms with Gasteiger partial charge in [-0.2, -0.15) is 0 Å². The number of carboxylic acid groups (broad SMARTS) is 1. The van der Waals surface area contributed by atoms with Gasteiger partial charge < -0.3 is 5.11 Å². The first-order valence-electron chi connectivity index (χ1n) is 5.51. The molecule has 0 fully saturated rings. The van der Waals surface area contributed by atoms with Gasteiger partial charge in [0.05, 0.1) is 11.7 Å². The van der Waals surface area contributed by atoms with E-state index in [0.717, 1.165) is 0 Å². The van der Waals surface area contributed by atoms with Crippen LogP contribution in [0.5, 0.6) is 0 Å². The molecule has 6 nitrogen and oxygen atoms in total. The first-order chi connectivity index (χ1) is 8.41. The maximum Gasteiger partial charge on any atom is 0.307 e. The minimum atomic E-state index is -3.46. The second-order valence-corrected chi connectivity index (χ2v) is 5.90. The zero-order valence-corrected chi connectivity index (χ0v) is 10.9. The van der Waals surface area contributed by atoms with Gasteiger partial charge in [-0.25, -0.2) is 13.1 Å². The van der Waals surface area contributed by atoms with Crippen molar-refractivity contribution in [1.82, 2.24) is 9.71 Å². The highest BCUT2D eigenvalue weighted by molar-refractivity contribution is 7.89. The first kappa shape index (κ1) is 14.6. The Kier molecular flexibility index (Phi) is 5.24. The molecule has 100 valence electrons. The fourth-order valence-electron chi connectivity index (χ4n) is 1.20. The van der Waals surface area contributed by atoms with Crippen LogP contribution in [0.25, 0.3) is 0 Å². The van der Waals surface area contributed by atoms with Crippen molar-refractivity contribution in [1.29, 1.82) is 0 Å². The second kappa shape index (κ2) is 6.46. The summed E-state index contributed by atoms with van der Waals surface area (Å²) in [5.41, 5.74) is 0.689. The number of carboxylic acids is 1. The number of sulfonamides is 1. The number of hydrogen-bond donors (Lipinski definition) is 2. The van der Waals surface area contributed by atoms with Crippen LogP contribution in [0.4, 0.5) is 0 Å². The van der Waals surface area contributed by atoms with Gasteiger partial charge in [0, 0.05) is 24.9 Å². The molecule has 0 saturated heterocycles. The lowest BCUT2D eigenvalue weighted by Gasteiger charge is -2.09. The summed E-state index contributed by atoms with van der Waals surface area (Å²) in [6, 6.07) is 5.29. The van der Waals surface area contributed by atoms with Gasteiger partial charge in [0.2, 0.25) is 10.0 Å². The standard InChI is InChI=1S/C11H16N2O4S/c1-9(11(14)15)8-13-18(16,17)7-5-10-4-2-3-6-12-10/h2-4,6,9,13H,5,7-8H2,1H3,(H,14,15). The Balaban J connectivity index is 2.43. The third-order valence-electron chi connectivity index (χ3n) is 2.38. The van der Waals surface area contributed by atoms with E-state index in [9.17, 15) is 13.2 Å². The summed E-state index contributed by atoms with van der Waals surface area (Å²) in [5.74, 6) is -1.87. The smallest absolute Gasteiger partial charge is 0.307 e. The van der Waals surface area contributed by atoms with Crippen LogP contribution in [-0.4, -0.2) is 36.8 Å². The van der Waals surface area contributed by atoms with E-state index >= 15 is 0 Å². The van der Waals surface area contributed by atoms with E-state index in [2.05, 4.69) is 9.71 Å². The summed E-state index contributed by atoms with van der Waals surface area (Å²) in [4.78, 5) is 14.6. The predicted molar refractivity (Wildman–Crippen MR) is 66.5 cm³/mol. The van der Waals surface area contributed by atoms with Crippen molar-refractivity contribution in [3.8, 4) is 0 Å². The lowest BCUT2D eigenvalue weighted by Crippen LogP contribution is -2.33. The fraction of sp³-hybridized carbons (Fsp3) is 0.455. The third-order valence-corrected chi connectivity index (χ3v) is 3.73. The second-order valence-electron chi connectivity index (χ2n) is 3.98. The molecule has 0 amide bonds. The molecule has 1 unspecified atom stereocenters. The van der Waals surface area contributed by atoms with Gasteiger partial charge in [-0.15, -0.1) is 0 Å². The van der Waals surface area contributed by atoms with Crippen molar-refractivity contribution in [2.45, 2.75) is 13.3 Å². The monoisotopic (exact) mass is 272 g/mol. The molecule has 1 heterocycles. The summed E-state index contributed by atoms with van der Waals surface area (Å²) in [6.07, 6.45) is 1.90. The van der Waals surface area contributed by atoms with Gasteiger partial charge >= 0.3 is 5.97 Å². The molecule has 0 saturated carbocycles. The molecule has 0 bridgehead atoms. The molecule has 18 heavy (non-hydrogen) atoms. The highest BCUT2D eigenvalue weighted by atomic mass is 32.2. The lowest BCUT2D eigenvalue weighted by atomic mass is 10.2. The Hall–Kier alpha value is -1.47. The molecular weight excluding hydrogens is 256 g/mol. The van der Waals surface area contributed by atoms with Crippen LogP contribution in [0.1, 0.15) is 12.6 Å². The van der Waals surface area contributed by atoms with Crippen LogP contribution < -0.4 is 4.72 Å².